The minimum atomic E-state index is 0.577. The molecule has 1 aliphatic heterocycles. The molecule has 2 heteroatoms. The van der Waals surface area contributed by atoms with Crippen molar-refractivity contribution in [1.82, 2.24) is 0 Å². The predicted octanol–water partition coefficient (Wildman–Crippen LogP) is 3.50. The van der Waals surface area contributed by atoms with Gasteiger partial charge in [-0.3, -0.25) is 0 Å². The van der Waals surface area contributed by atoms with Crippen molar-refractivity contribution in [1.29, 1.82) is 0 Å². The van der Waals surface area contributed by atoms with Crippen molar-refractivity contribution in [3.05, 3.63) is 59.7 Å². The van der Waals surface area contributed by atoms with Crippen LogP contribution in [0.2, 0.25) is 0 Å². The molecule has 0 unspecified atom stereocenters. The molecule has 0 aliphatic carbocycles. The number of ether oxygens (including phenoxy) is 1. The van der Waals surface area contributed by atoms with Gasteiger partial charge >= 0.3 is 0 Å². The predicted molar refractivity (Wildman–Crippen MR) is 72.8 cm³/mol. The van der Waals surface area contributed by atoms with Crippen LogP contribution in [0.3, 0.4) is 0 Å². The maximum absolute atomic E-state index is 5.90. The minimum absolute atomic E-state index is 0.577. The molecular weight excluding hydrogens is 222 g/mol. The number of hydrogen-bond acceptors (Lipinski definition) is 1. The second-order valence-electron chi connectivity index (χ2n) is 4.57. The highest BCUT2D eigenvalue weighted by Gasteiger charge is 2.25. The second-order valence-corrected chi connectivity index (χ2v) is 4.57. The molecule has 0 amide bonds. The number of rotatable bonds is 1. The van der Waals surface area contributed by atoms with Gasteiger partial charge in [-0.1, -0.05) is 30.3 Å². The molecule has 0 N–H and O–H groups in total. The van der Waals surface area contributed by atoms with Crippen LogP contribution < -0.4 is 4.74 Å². The van der Waals surface area contributed by atoms with Gasteiger partial charge in [0.2, 0.25) is 5.69 Å². The molecular formula is C16H16NO+. The van der Waals surface area contributed by atoms with Gasteiger partial charge in [0.25, 0.3) is 6.73 Å². The van der Waals surface area contributed by atoms with E-state index in [4.69, 9.17) is 4.74 Å². The molecule has 2 aromatic rings. The summed E-state index contributed by atoms with van der Waals surface area (Å²) < 4.78 is 8.09. The molecule has 2 nitrogen and oxygen atoms in total. The zero-order valence-electron chi connectivity index (χ0n) is 10.7. The highest BCUT2D eigenvalue weighted by Crippen LogP contribution is 2.28. The van der Waals surface area contributed by atoms with E-state index in [0.717, 1.165) is 5.75 Å². The zero-order chi connectivity index (χ0) is 12.5. The Balaban J connectivity index is 2.16. The molecule has 0 spiro atoms. The monoisotopic (exact) mass is 238 g/mol. The lowest BCUT2D eigenvalue weighted by atomic mass is 10.0. The fourth-order valence-electron chi connectivity index (χ4n) is 2.38. The second kappa shape index (κ2) is 4.30. The molecule has 0 radical (unpaired) electrons. The number of benzene rings is 2. The normalized spacial score (nSPS) is 14.1. The van der Waals surface area contributed by atoms with E-state index in [1.54, 1.807) is 0 Å². The van der Waals surface area contributed by atoms with Crippen LogP contribution >= 0.6 is 0 Å². The molecule has 0 saturated carbocycles. The summed E-state index contributed by atoms with van der Waals surface area (Å²) in [5, 5.41) is 0. The molecule has 0 aromatic heterocycles. The van der Waals surface area contributed by atoms with Crippen molar-refractivity contribution in [3.63, 3.8) is 0 Å². The smallest absolute Gasteiger partial charge is 0.292 e. The van der Waals surface area contributed by atoms with E-state index in [9.17, 15) is 0 Å². The van der Waals surface area contributed by atoms with Crippen LogP contribution in [0.4, 0.5) is 5.69 Å². The van der Waals surface area contributed by atoms with Crippen LogP contribution in [0.5, 0.6) is 5.75 Å². The average Bonchev–Trinajstić information content (AvgIpc) is 2.41. The highest BCUT2D eigenvalue weighted by molar-refractivity contribution is 5.99. The van der Waals surface area contributed by atoms with E-state index in [2.05, 4.69) is 48.8 Å². The van der Waals surface area contributed by atoms with E-state index >= 15 is 0 Å². The molecule has 3 rings (SSSR count). The van der Waals surface area contributed by atoms with Gasteiger partial charge in [0, 0.05) is 19.1 Å². The standard InChI is InChI=1S/C16H16NO/c1-12-7-6-10-15-13(2)17(11-18-16(12)15)14-8-4-3-5-9-14/h3-10H,11H2,1-2H3/q+1. The van der Waals surface area contributed by atoms with Crippen LogP contribution in [0.1, 0.15) is 18.1 Å². The Morgan fingerprint density at radius 3 is 2.50 bits per heavy atom. The Morgan fingerprint density at radius 1 is 0.944 bits per heavy atom. The third-order valence-corrected chi connectivity index (χ3v) is 3.41. The molecule has 1 heterocycles. The van der Waals surface area contributed by atoms with Gasteiger partial charge in [0.1, 0.15) is 5.75 Å². The Hall–Kier alpha value is -2.09. The third-order valence-electron chi connectivity index (χ3n) is 3.41. The highest BCUT2D eigenvalue weighted by atomic mass is 16.5. The summed E-state index contributed by atoms with van der Waals surface area (Å²) >= 11 is 0. The molecule has 2 aromatic carbocycles. The summed E-state index contributed by atoms with van der Waals surface area (Å²) in [5.74, 6) is 1.02. The van der Waals surface area contributed by atoms with Crippen molar-refractivity contribution >= 4 is 11.4 Å². The largest absolute Gasteiger partial charge is 0.435 e. The molecule has 90 valence electrons. The van der Waals surface area contributed by atoms with Gasteiger partial charge in [0.05, 0.1) is 5.56 Å². The first kappa shape index (κ1) is 11.0. The lowest BCUT2D eigenvalue weighted by Gasteiger charge is -2.18. The van der Waals surface area contributed by atoms with Crippen LogP contribution in [0.25, 0.3) is 0 Å². The molecule has 1 aliphatic rings. The quantitative estimate of drug-likeness (QED) is 0.693. The van der Waals surface area contributed by atoms with Crippen LogP contribution in [0.15, 0.2) is 48.5 Å². The lowest BCUT2D eigenvalue weighted by Crippen LogP contribution is -2.26. The van der Waals surface area contributed by atoms with E-state index in [-0.39, 0.29) is 0 Å². The van der Waals surface area contributed by atoms with Gasteiger partial charge in [-0.15, -0.1) is 0 Å². The van der Waals surface area contributed by atoms with Crippen LogP contribution in [0, 0.1) is 6.92 Å². The summed E-state index contributed by atoms with van der Waals surface area (Å²) in [7, 11) is 0. The lowest BCUT2D eigenvalue weighted by molar-refractivity contribution is -0.481. The maximum atomic E-state index is 5.90. The number of para-hydroxylation sites is 2. The van der Waals surface area contributed by atoms with Gasteiger partial charge in [-0.2, -0.15) is 4.58 Å². The SMILES string of the molecule is CC1=[N+](c2ccccc2)COc2c(C)cccc21. The summed E-state index contributed by atoms with van der Waals surface area (Å²) in [5.41, 5.74) is 4.79. The first-order valence-corrected chi connectivity index (χ1v) is 6.16. The Bertz CT molecular complexity index is 614. The van der Waals surface area contributed by atoms with E-state index in [0.29, 0.717) is 6.73 Å². The number of hydrogen-bond donors (Lipinski definition) is 0. The van der Waals surface area contributed by atoms with Crippen molar-refractivity contribution in [2.45, 2.75) is 13.8 Å². The summed E-state index contributed by atoms with van der Waals surface area (Å²) in [6, 6.07) is 16.6. The number of nitrogens with zero attached hydrogens (tertiary/aromatic N) is 1. The Kier molecular flexibility index (Phi) is 2.63. The Labute approximate surface area is 107 Å². The van der Waals surface area contributed by atoms with Crippen molar-refractivity contribution in [2.24, 2.45) is 0 Å². The maximum Gasteiger partial charge on any atom is 0.292 e. The molecule has 0 atom stereocenters. The van der Waals surface area contributed by atoms with Crippen molar-refractivity contribution in [3.8, 4) is 5.75 Å². The third kappa shape index (κ3) is 1.70. The van der Waals surface area contributed by atoms with Gasteiger partial charge in [-0.05, 0) is 18.6 Å². The molecule has 0 bridgehead atoms. The molecule has 0 saturated heterocycles. The average molecular weight is 238 g/mol. The topological polar surface area (TPSA) is 12.2 Å². The number of aryl methyl sites for hydroxylation is 1. The molecule has 0 fully saturated rings. The fourth-order valence-corrected chi connectivity index (χ4v) is 2.38. The summed E-state index contributed by atoms with van der Waals surface area (Å²) in [6.45, 7) is 4.81. The van der Waals surface area contributed by atoms with Crippen molar-refractivity contribution in [2.75, 3.05) is 6.73 Å². The Morgan fingerprint density at radius 2 is 1.72 bits per heavy atom. The zero-order valence-corrected chi connectivity index (χ0v) is 10.7. The summed E-state index contributed by atoms with van der Waals surface area (Å²) in [6.07, 6.45) is 0. The van der Waals surface area contributed by atoms with Crippen LogP contribution in [-0.4, -0.2) is 17.0 Å². The fraction of sp³-hybridized carbons (Fsp3) is 0.188. The van der Waals surface area contributed by atoms with Gasteiger partial charge in [-0.25, -0.2) is 0 Å². The van der Waals surface area contributed by atoms with Gasteiger partial charge in [0.15, 0.2) is 5.71 Å². The van der Waals surface area contributed by atoms with Crippen LogP contribution in [-0.2, 0) is 0 Å². The van der Waals surface area contributed by atoms with Crippen molar-refractivity contribution < 1.29 is 9.31 Å². The molecule has 18 heavy (non-hydrogen) atoms. The van der Waals surface area contributed by atoms with E-state index in [1.807, 2.05) is 18.2 Å². The van der Waals surface area contributed by atoms with E-state index < -0.39 is 0 Å². The first-order valence-electron chi connectivity index (χ1n) is 6.16. The first-order chi connectivity index (χ1) is 8.77. The minimum Gasteiger partial charge on any atom is -0.435 e. The summed E-state index contributed by atoms with van der Waals surface area (Å²) in [4.78, 5) is 0. The van der Waals surface area contributed by atoms with Gasteiger partial charge < -0.3 is 4.74 Å². The number of fused-ring (bicyclic) bond motifs is 1. The van der Waals surface area contributed by atoms with E-state index in [1.165, 1.54) is 22.5 Å².